The summed E-state index contributed by atoms with van der Waals surface area (Å²) in [5.74, 6) is -0.951. The maximum atomic E-state index is 11.9. The van der Waals surface area contributed by atoms with Crippen LogP contribution < -0.4 is 21.3 Å². The molecule has 0 aliphatic carbocycles. The van der Waals surface area contributed by atoms with Crippen LogP contribution in [-0.4, -0.2) is 23.0 Å². The van der Waals surface area contributed by atoms with Gasteiger partial charge in [0.25, 0.3) is 5.91 Å². The molecule has 2 N–H and O–H groups in total. The Bertz CT molecular complexity index is 1070. The summed E-state index contributed by atoms with van der Waals surface area (Å²) in [5.41, 5.74) is 6.34. The lowest BCUT2D eigenvalue weighted by molar-refractivity contribution is -0.130. The zero-order valence-corrected chi connectivity index (χ0v) is 15.8. The number of oxazole rings is 1. The summed E-state index contributed by atoms with van der Waals surface area (Å²) in [5, 5.41) is 0.446. The first-order valence-electron chi connectivity index (χ1n) is 8.49. The van der Waals surface area contributed by atoms with E-state index in [0.29, 0.717) is 21.9 Å². The molecular formula is C19H18ClN3O5. The van der Waals surface area contributed by atoms with Crippen molar-refractivity contribution in [2.24, 2.45) is 0 Å². The summed E-state index contributed by atoms with van der Waals surface area (Å²) in [4.78, 5) is 35.6. The van der Waals surface area contributed by atoms with E-state index < -0.39 is 17.6 Å². The van der Waals surface area contributed by atoms with Crippen molar-refractivity contribution in [3.05, 3.63) is 63.6 Å². The topological polar surface area (TPSA) is 103 Å². The number of fused-ring (bicyclic) bond motifs is 1. The van der Waals surface area contributed by atoms with E-state index >= 15 is 0 Å². The number of carbonyl (C=O) groups is 2. The highest BCUT2D eigenvalue weighted by atomic mass is 35.5. The number of hydrogen-bond acceptors (Lipinski definition) is 5. The van der Waals surface area contributed by atoms with Crippen LogP contribution in [0.4, 0.5) is 0 Å². The maximum absolute atomic E-state index is 11.9. The molecule has 8 nitrogen and oxygen atoms in total. The van der Waals surface area contributed by atoms with Crippen molar-refractivity contribution in [3.63, 3.8) is 0 Å². The minimum absolute atomic E-state index is 0.0316. The van der Waals surface area contributed by atoms with Gasteiger partial charge in [0.2, 0.25) is 5.91 Å². The van der Waals surface area contributed by atoms with Crippen molar-refractivity contribution in [2.45, 2.75) is 19.9 Å². The Kier molecular flexibility index (Phi) is 6.00. The number of nitrogens with zero attached hydrogens (tertiary/aromatic N) is 1. The fourth-order valence-corrected chi connectivity index (χ4v) is 2.73. The highest BCUT2D eigenvalue weighted by molar-refractivity contribution is 6.31. The normalized spacial score (nSPS) is 10.6. The molecule has 0 aliphatic rings. The number of hydrazine groups is 1. The van der Waals surface area contributed by atoms with E-state index in [2.05, 4.69) is 10.9 Å². The van der Waals surface area contributed by atoms with Gasteiger partial charge in [0.15, 0.2) is 12.2 Å². The minimum atomic E-state index is -0.583. The molecular weight excluding hydrogens is 386 g/mol. The third kappa shape index (κ3) is 4.72. The van der Waals surface area contributed by atoms with E-state index in [-0.39, 0.29) is 19.6 Å². The van der Waals surface area contributed by atoms with Gasteiger partial charge in [-0.25, -0.2) is 4.79 Å². The molecule has 0 saturated carbocycles. The van der Waals surface area contributed by atoms with E-state index in [9.17, 15) is 14.4 Å². The first kappa shape index (κ1) is 19.5. The number of rotatable bonds is 6. The Morgan fingerprint density at radius 3 is 2.68 bits per heavy atom. The lowest BCUT2D eigenvalue weighted by atomic mass is 10.2. The Morgan fingerprint density at radius 1 is 1.14 bits per heavy atom. The van der Waals surface area contributed by atoms with Crippen LogP contribution >= 0.6 is 11.6 Å². The molecule has 2 aromatic carbocycles. The largest absolute Gasteiger partial charge is 0.483 e. The summed E-state index contributed by atoms with van der Waals surface area (Å²) in [7, 11) is 0. The van der Waals surface area contributed by atoms with Crippen molar-refractivity contribution in [1.82, 2.24) is 15.4 Å². The summed E-state index contributed by atoms with van der Waals surface area (Å²) in [6, 6.07) is 12.1. The van der Waals surface area contributed by atoms with Gasteiger partial charge >= 0.3 is 5.76 Å². The van der Waals surface area contributed by atoms with Crippen LogP contribution in [0.15, 0.2) is 51.7 Å². The quantitative estimate of drug-likeness (QED) is 0.614. The Labute approximate surface area is 165 Å². The molecule has 0 saturated heterocycles. The third-order valence-electron chi connectivity index (χ3n) is 3.99. The Balaban J connectivity index is 1.47. The molecule has 0 bridgehead atoms. The monoisotopic (exact) mass is 403 g/mol. The second-order valence-electron chi connectivity index (χ2n) is 6.03. The molecule has 1 aromatic heterocycles. The summed E-state index contributed by atoms with van der Waals surface area (Å²) in [6.45, 7) is 1.72. The lowest BCUT2D eigenvalue weighted by Gasteiger charge is -2.10. The SMILES string of the molecule is Cc1ccccc1OCC(=O)NNC(=O)CCn1c(=O)oc2cc(Cl)ccc21. The Hall–Kier alpha value is -3.26. The number of benzene rings is 2. The van der Waals surface area contributed by atoms with E-state index in [1.54, 1.807) is 24.3 Å². The fourth-order valence-electron chi connectivity index (χ4n) is 2.56. The highest BCUT2D eigenvalue weighted by Gasteiger charge is 2.12. The summed E-state index contributed by atoms with van der Waals surface area (Å²) < 4.78 is 11.8. The van der Waals surface area contributed by atoms with E-state index in [1.165, 1.54) is 10.6 Å². The van der Waals surface area contributed by atoms with Gasteiger partial charge in [0.05, 0.1) is 5.52 Å². The fraction of sp³-hybridized carbons (Fsp3) is 0.211. The van der Waals surface area contributed by atoms with Crippen molar-refractivity contribution in [2.75, 3.05) is 6.61 Å². The van der Waals surface area contributed by atoms with Gasteiger partial charge in [0.1, 0.15) is 5.75 Å². The van der Waals surface area contributed by atoms with Gasteiger partial charge in [-0.3, -0.25) is 25.0 Å². The summed E-state index contributed by atoms with van der Waals surface area (Å²) >= 11 is 5.87. The zero-order valence-electron chi connectivity index (χ0n) is 15.0. The van der Waals surface area contributed by atoms with Crippen LogP contribution in [-0.2, 0) is 16.1 Å². The predicted octanol–water partition coefficient (Wildman–Crippen LogP) is 2.17. The molecule has 0 aliphatic heterocycles. The van der Waals surface area contributed by atoms with E-state index in [4.69, 9.17) is 20.8 Å². The van der Waals surface area contributed by atoms with E-state index in [0.717, 1.165) is 5.56 Å². The first-order chi connectivity index (χ1) is 13.4. The average Bonchev–Trinajstić information content (AvgIpc) is 2.98. The second-order valence-corrected chi connectivity index (χ2v) is 6.47. The van der Waals surface area contributed by atoms with Gasteiger partial charge in [-0.15, -0.1) is 0 Å². The van der Waals surface area contributed by atoms with Gasteiger partial charge in [-0.05, 0) is 30.7 Å². The Morgan fingerprint density at radius 2 is 1.89 bits per heavy atom. The number of amides is 2. The van der Waals surface area contributed by atoms with Gasteiger partial charge in [-0.1, -0.05) is 29.8 Å². The van der Waals surface area contributed by atoms with Crippen molar-refractivity contribution >= 4 is 34.5 Å². The van der Waals surface area contributed by atoms with Gasteiger partial charge in [0, 0.05) is 24.1 Å². The molecule has 1 heterocycles. The molecule has 0 atom stereocenters. The molecule has 0 fully saturated rings. The molecule has 0 spiro atoms. The minimum Gasteiger partial charge on any atom is -0.483 e. The number of nitrogens with one attached hydrogen (secondary N) is 2. The van der Waals surface area contributed by atoms with Crippen molar-refractivity contribution in [3.8, 4) is 5.75 Å². The van der Waals surface area contributed by atoms with Crippen LogP contribution in [0.1, 0.15) is 12.0 Å². The summed E-state index contributed by atoms with van der Waals surface area (Å²) in [6.07, 6.45) is -0.0316. The first-order valence-corrected chi connectivity index (χ1v) is 8.87. The van der Waals surface area contributed by atoms with Gasteiger partial charge in [-0.2, -0.15) is 0 Å². The molecule has 2 amide bonds. The number of ether oxygens (including phenoxy) is 1. The van der Waals surface area contributed by atoms with Crippen LogP contribution in [0.25, 0.3) is 11.1 Å². The molecule has 28 heavy (non-hydrogen) atoms. The van der Waals surface area contributed by atoms with Crippen molar-refractivity contribution < 1.29 is 18.7 Å². The average molecular weight is 404 g/mol. The highest BCUT2D eigenvalue weighted by Crippen LogP contribution is 2.18. The standard InChI is InChI=1S/C19H18ClN3O5/c1-12-4-2-3-5-15(12)27-11-18(25)22-21-17(24)8-9-23-14-7-6-13(20)10-16(14)28-19(23)26/h2-7,10H,8-9,11H2,1H3,(H,21,24)(H,22,25). The molecule has 0 radical (unpaired) electrons. The molecule has 3 rings (SSSR count). The number of para-hydroxylation sites is 1. The molecule has 9 heteroatoms. The maximum Gasteiger partial charge on any atom is 0.419 e. The lowest BCUT2D eigenvalue weighted by Crippen LogP contribution is -2.44. The number of aromatic nitrogens is 1. The van der Waals surface area contributed by atoms with Crippen LogP contribution in [0.2, 0.25) is 5.02 Å². The third-order valence-corrected chi connectivity index (χ3v) is 4.22. The zero-order chi connectivity index (χ0) is 20.1. The van der Waals surface area contributed by atoms with Gasteiger partial charge < -0.3 is 9.15 Å². The second kappa shape index (κ2) is 8.62. The molecule has 3 aromatic rings. The number of carbonyl (C=O) groups excluding carboxylic acids is 2. The van der Waals surface area contributed by atoms with E-state index in [1.807, 2.05) is 19.1 Å². The molecule has 0 unspecified atom stereocenters. The number of aryl methyl sites for hydroxylation is 2. The van der Waals surface area contributed by atoms with Crippen LogP contribution in [0.3, 0.4) is 0 Å². The smallest absolute Gasteiger partial charge is 0.419 e. The number of hydrogen-bond donors (Lipinski definition) is 2. The van der Waals surface area contributed by atoms with Crippen LogP contribution in [0, 0.1) is 6.92 Å². The van der Waals surface area contributed by atoms with Crippen LogP contribution in [0.5, 0.6) is 5.75 Å². The predicted molar refractivity (Wildman–Crippen MR) is 103 cm³/mol. The molecule has 146 valence electrons. The number of halogens is 1. The van der Waals surface area contributed by atoms with Crippen molar-refractivity contribution in [1.29, 1.82) is 0 Å².